The minimum absolute atomic E-state index is 0.0899. The summed E-state index contributed by atoms with van der Waals surface area (Å²) in [4.78, 5) is 30.7. The number of carbonyl (C=O) groups is 1. The van der Waals surface area contributed by atoms with Gasteiger partial charge in [-0.2, -0.15) is 0 Å². The van der Waals surface area contributed by atoms with Crippen LogP contribution in [0.2, 0.25) is 0 Å². The number of hydrogen-bond donors (Lipinski definition) is 1. The molecular formula is C25H31N3O3S. The normalized spacial score (nSPS) is 13.3. The SMILES string of the molecule is CC(C)OCCCn1c(S[C@H](C)C(=O)N[C@@H](C)c2ccccc2)nc2ccccc2c1=O. The smallest absolute Gasteiger partial charge is 0.262 e. The quantitative estimate of drug-likeness (QED) is 0.277. The molecule has 0 saturated carbocycles. The van der Waals surface area contributed by atoms with E-state index in [1.165, 1.54) is 11.8 Å². The number of nitrogens with one attached hydrogen (secondary N) is 1. The van der Waals surface area contributed by atoms with Crippen LogP contribution in [0, 0.1) is 0 Å². The second kappa shape index (κ2) is 11.3. The molecule has 2 aromatic carbocycles. The molecule has 0 saturated heterocycles. The van der Waals surface area contributed by atoms with Gasteiger partial charge in [0.15, 0.2) is 5.16 Å². The summed E-state index contributed by atoms with van der Waals surface area (Å²) in [5, 5.41) is 3.78. The van der Waals surface area contributed by atoms with Crippen LogP contribution >= 0.6 is 11.8 Å². The molecule has 32 heavy (non-hydrogen) atoms. The third kappa shape index (κ3) is 6.20. The molecule has 0 radical (unpaired) electrons. The van der Waals surface area contributed by atoms with Crippen LogP contribution in [0.15, 0.2) is 64.5 Å². The number of thioether (sulfide) groups is 1. The summed E-state index contributed by atoms with van der Waals surface area (Å²) in [5.41, 5.74) is 1.59. The molecule has 0 aliphatic rings. The summed E-state index contributed by atoms with van der Waals surface area (Å²) < 4.78 is 7.30. The Balaban J connectivity index is 1.78. The number of carbonyl (C=O) groups excluding carboxylic acids is 1. The van der Waals surface area contributed by atoms with Gasteiger partial charge in [-0.1, -0.05) is 54.2 Å². The summed E-state index contributed by atoms with van der Waals surface area (Å²) in [5.74, 6) is -0.0940. The minimum Gasteiger partial charge on any atom is -0.379 e. The van der Waals surface area contributed by atoms with Gasteiger partial charge in [0.05, 0.1) is 28.3 Å². The number of rotatable bonds is 10. The average molecular weight is 454 g/mol. The van der Waals surface area contributed by atoms with E-state index in [0.717, 1.165) is 5.56 Å². The third-order valence-electron chi connectivity index (χ3n) is 5.11. The maximum atomic E-state index is 13.2. The first kappa shape index (κ1) is 24.0. The molecule has 0 aliphatic heterocycles. The summed E-state index contributed by atoms with van der Waals surface area (Å²) in [6.45, 7) is 8.82. The molecule has 1 heterocycles. The third-order valence-corrected chi connectivity index (χ3v) is 6.20. The maximum Gasteiger partial charge on any atom is 0.262 e. The molecule has 6 nitrogen and oxygen atoms in total. The number of aromatic nitrogens is 2. The summed E-state index contributed by atoms with van der Waals surface area (Å²) in [6, 6.07) is 17.1. The zero-order valence-electron chi connectivity index (χ0n) is 19.1. The number of ether oxygens (including phenoxy) is 1. The van der Waals surface area contributed by atoms with Crippen LogP contribution < -0.4 is 10.9 Å². The Morgan fingerprint density at radius 1 is 1.06 bits per heavy atom. The van der Waals surface area contributed by atoms with Crippen molar-refractivity contribution < 1.29 is 9.53 Å². The number of hydrogen-bond acceptors (Lipinski definition) is 5. The van der Waals surface area contributed by atoms with Crippen LogP contribution in [-0.4, -0.2) is 33.4 Å². The minimum atomic E-state index is -0.410. The average Bonchev–Trinajstić information content (AvgIpc) is 2.78. The van der Waals surface area contributed by atoms with E-state index in [9.17, 15) is 9.59 Å². The maximum absolute atomic E-state index is 13.2. The fraction of sp³-hybridized carbons (Fsp3) is 0.400. The molecule has 0 bridgehead atoms. The molecular weight excluding hydrogens is 422 g/mol. The van der Waals surface area contributed by atoms with Gasteiger partial charge in [-0.3, -0.25) is 14.2 Å². The zero-order valence-corrected chi connectivity index (χ0v) is 19.9. The molecule has 0 unspecified atom stereocenters. The lowest BCUT2D eigenvalue weighted by molar-refractivity contribution is -0.120. The van der Waals surface area contributed by atoms with Crippen molar-refractivity contribution in [3.05, 3.63) is 70.5 Å². The second-order valence-corrected chi connectivity index (χ2v) is 9.35. The molecule has 3 aromatic rings. The number of para-hydroxylation sites is 1. The zero-order chi connectivity index (χ0) is 23.1. The van der Waals surface area contributed by atoms with Crippen LogP contribution in [0.1, 0.15) is 45.7 Å². The lowest BCUT2D eigenvalue weighted by atomic mass is 10.1. The lowest BCUT2D eigenvalue weighted by Crippen LogP contribution is -2.34. The van der Waals surface area contributed by atoms with Crippen molar-refractivity contribution in [3.63, 3.8) is 0 Å². The Hall–Kier alpha value is -2.64. The van der Waals surface area contributed by atoms with Gasteiger partial charge in [-0.05, 0) is 51.8 Å². The number of nitrogens with zero attached hydrogens (tertiary/aromatic N) is 2. The first-order valence-electron chi connectivity index (χ1n) is 11.0. The first-order chi connectivity index (χ1) is 15.4. The van der Waals surface area contributed by atoms with Gasteiger partial charge in [0.1, 0.15) is 0 Å². The molecule has 0 aliphatic carbocycles. The van der Waals surface area contributed by atoms with Crippen molar-refractivity contribution in [2.75, 3.05) is 6.61 Å². The van der Waals surface area contributed by atoms with Gasteiger partial charge in [-0.25, -0.2) is 4.98 Å². The number of amides is 1. The highest BCUT2D eigenvalue weighted by atomic mass is 32.2. The van der Waals surface area contributed by atoms with E-state index in [1.807, 2.05) is 76.2 Å². The first-order valence-corrected chi connectivity index (χ1v) is 11.9. The fourth-order valence-electron chi connectivity index (χ4n) is 3.34. The Kier molecular flexibility index (Phi) is 8.47. The molecule has 1 N–H and O–H groups in total. The number of fused-ring (bicyclic) bond motifs is 1. The summed E-state index contributed by atoms with van der Waals surface area (Å²) in [6.07, 6.45) is 0.836. The highest BCUT2D eigenvalue weighted by Crippen LogP contribution is 2.24. The van der Waals surface area contributed by atoms with Crippen molar-refractivity contribution in [1.29, 1.82) is 0 Å². The molecule has 170 valence electrons. The Bertz CT molecular complexity index is 1100. The predicted molar refractivity (Wildman–Crippen MR) is 130 cm³/mol. The van der Waals surface area contributed by atoms with Gasteiger partial charge in [0, 0.05) is 13.2 Å². The Labute approximate surface area is 193 Å². The van der Waals surface area contributed by atoms with E-state index < -0.39 is 5.25 Å². The van der Waals surface area contributed by atoms with Gasteiger partial charge >= 0.3 is 0 Å². The van der Waals surface area contributed by atoms with E-state index in [2.05, 4.69) is 5.32 Å². The predicted octanol–water partition coefficient (Wildman–Crippen LogP) is 4.57. The van der Waals surface area contributed by atoms with E-state index in [0.29, 0.717) is 35.6 Å². The van der Waals surface area contributed by atoms with E-state index >= 15 is 0 Å². The van der Waals surface area contributed by atoms with Crippen LogP contribution in [0.25, 0.3) is 10.9 Å². The highest BCUT2D eigenvalue weighted by molar-refractivity contribution is 8.00. The largest absolute Gasteiger partial charge is 0.379 e. The van der Waals surface area contributed by atoms with Crippen molar-refractivity contribution in [1.82, 2.24) is 14.9 Å². The number of benzene rings is 2. The lowest BCUT2D eigenvalue weighted by Gasteiger charge is -2.19. The Morgan fingerprint density at radius 2 is 1.75 bits per heavy atom. The molecule has 2 atom stereocenters. The van der Waals surface area contributed by atoms with Crippen molar-refractivity contribution in [2.45, 2.75) is 63.2 Å². The molecule has 1 aromatic heterocycles. The molecule has 1 amide bonds. The van der Waals surface area contributed by atoms with E-state index in [-0.39, 0.29) is 23.6 Å². The van der Waals surface area contributed by atoms with Crippen LogP contribution in [0.5, 0.6) is 0 Å². The highest BCUT2D eigenvalue weighted by Gasteiger charge is 2.21. The van der Waals surface area contributed by atoms with Crippen LogP contribution in [-0.2, 0) is 16.1 Å². The Morgan fingerprint density at radius 3 is 2.47 bits per heavy atom. The van der Waals surface area contributed by atoms with Crippen molar-refractivity contribution in [3.8, 4) is 0 Å². The van der Waals surface area contributed by atoms with Gasteiger partial charge < -0.3 is 10.1 Å². The van der Waals surface area contributed by atoms with E-state index in [1.54, 1.807) is 10.6 Å². The fourth-order valence-corrected chi connectivity index (χ4v) is 4.29. The monoisotopic (exact) mass is 453 g/mol. The summed E-state index contributed by atoms with van der Waals surface area (Å²) >= 11 is 1.31. The molecule has 0 spiro atoms. The standard InChI is InChI=1S/C25H31N3O3S/c1-17(2)31-16-10-15-28-24(30)21-13-8-9-14-22(21)27-25(28)32-19(4)23(29)26-18(3)20-11-6-5-7-12-20/h5-9,11-14,17-19H,10,15-16H2,1-4H3,(H,26,29)/t18-,19+/m0/s1. The molecule has 7 heteroatoms. The summed E-state index contributed by atoms with van der Waals surface area (Å²) in [7, 11) is 0. The van der Waals surface area contributed by atoms with Crippen LogP contribution in [0.4, 0.5) is 0 Å². The van der Waals surface area contributed by atoms with E-state index in [4.69, 9.17) is 9.72 Å². The molecule has 0 fully saturated rings. The van der Waals surface area contributed by atoms with Gasteiger partial charge in [0.2, 0.25) is 5.91 Å². The van der Waals surface area contributed by atoms with Gasteiger partial charge in [0.25, 0.3) is 5.56 Å². The van der Waals surface area contributed by atoms with Crippen LogP contribution in [0.3, 0.4) is 0 Å². The molecule has 3 rings (SSSR count). The second-order valence-electron chi connectivity index (χ2n) is 8.04. The van der Waals surface area contributed by atoms with Gasteiger partial charge in [-0.15, -0.1) is 0 Å². The topological polar surface area (TPSA) is 73.2 Å². The van der Waals surface area contributed by atoms with Crippen molar-refractivity contribution >= 4 is 28.6 Å². The van der Waals surface area contributed by atoms with Crippen molar-refractivity contribution in [2.24, 2.45) is 0 Å².